The Morgan fingerprint density at radius 3 is 2.00 bits per heavy atom. The summed E-state index contributed by atoms with van der Waals surface area (Å²) in [5.41, 5.74) is -2.10. The Balaban J connectivity index is 2.83. The minimum Gasteiger partial charge on any atom is -0.317 e. The van der Waals surface area contributed by atoms with Gasteiger partial charge < -0.3 is 5.32 Å². The van der Waals surface area contributed by atoms with Gasteiger partial charge in [-0.05, 0) is 25.9 Å². The molecule has 12 heavy (non-hydrogen) atoms. The molecule has 0 spiro atoms. The molecular formula is C7H9F3N2. The van der Waals surface area contributed by atoms with Crippen molar-refractivity contribution in [2.45, 2.75) is 19.0 Å². The fourth-order valence-corrected chi connectivity index (χ4v) is 1.31. The van der Waals surface area contributed by atoms with Crippen LogP contribution in [0.1, 0.15) is 12.8 Å². The van der Waals surface area contributed by atoms with Gasteiger partial charge in [-0.25, -0.2) is 0 Å². The highest BCUT2D eigenvalue weighted by Crippen LogP contribution is 2.44. The Morgan fingerprint density at radius 1 is 1.25 bits per heavy atom. The van der Waals surface area contributed by atoms with Crippen LogP contribution in [0, 0.1) is 16.7 Å². The maximum absolute atomic E-state index is 12.3. The predicted molar refractivity (Wildman–Crippen MR) is 36.2 cm³/mol. The lowest BCUT2D eigenvalue weighted by atomic mass is 9.80. The number of nitriles is 1. The lowest BCUT2D eigenvalue weighted by molar-refractivity contribution is -0.209. The van der Waals surface area contributed by atoms with Crippen LogP contribution in [0.2, 0.25) is 0 Å². The minimum atomic E-state index is -4.39. The minimum absolute atomic E-state index is 0.132. The molecular weight excluding hydrogens is 169 g/mol. The van der Waals surface area contributed by atoms with Crippen LogP contribution in [0.15, 0.2) is 0 Å². The standard InChI is InChI=1S/C7H9F3N2/c8-7(9,10)6(5-11)1-3-12-4-2-6/h12H,1-4H2. The lowest BCUT2D eigenvalue weighted by Gasteiger charge is -2.32. The van der Waals surface area contributed by atoms with E-state index in [4.69, 9.17) is 5.26 Å². The summed E-state index contributed by atoms with van der Waals surface area (Å²) in [6.07, 6.45) is -4.65. The molecule has 1 saturated heterocycles. The third kappa shape index (κ3) is 1.39. The van der Waals surface area contributed by atoms with Crippen LogP contribution in [-0.2, 0) is 0 Å². The first kappa shape index (κ1) is 9.33. The summed E-state index contributed by atoms with van der Waals surface area (Å²) in [6.45, 7) is 0.542. The van der Waals surface area contributed by atoms with Crippen LogP contribution in [0.4, 0.5) is 13.2 Å². The molecule has 1 rings (SSSR count). The molecule has 0 unspecified atom stereocenters. The Labute approximate surface area is 68.4 Å². The Hall–Kier alpha value is -0.760. The number of rotatable bonds is 0. The van der Waals surface area contributed by atoms with E-state index in [1.54, 1.807) is 0 Å². The van der Waals surface area contributed by atoms with E-state index < -0.39 is 11.6 Å². The van der Waals surface area contributed by atoms with Crippen molar-refractivity contribution in [2.24, 2.45) is 5.41 Å². The first-order chi connectivity index (χ1) is 5.52. The second-order valence-corrected chi connectivity index (χ2v) is 2.94. The summed E-state index contributed by atoms with van der Waals surface area (Å²) < 4.78 is 37.0. The molecule has 0 aromatic heterocycles. The van der Waals surface area contributed by atoms with Crippen LogP contribution in [-0.4, -0.2) is 19.3 Å². The third-order valence-electron chi connectivity index (χ3n) is 2.21. The van der Waals surface area contributed by atoms with Crippen molar-refractivity contribution in [3.05, 3.63) is 0 Å². The van der Waals surface area contributed by atoms with Gasteiger partial charge in [0.05, 0.1) is 6.07 Å². The lowest BCUT2D eigenvalue weighted by Crippen LogP contribution is -2.45. The highest BCUT2D eigenvalue weighted by Gasteiger charge is 2.55. The maximum atomic E-state index is 12.3. The molecule has 2 nitrogen and oxygen atoms in total. The molecule has 0 aromatic carbocycles. The molecule has 5 heteroatoms. The number of piperidine rings is 1. The monoisotopic (exact) mass is 178 g/mol. The van der Waals surface area contributed by atoms with Crippen molar-refractivity contribution < 1.29 is 13.2 Å². The number of hydrogen-bond acceptors (Lipinski definition) is 2. The molecule has 0 saturated carbocycles. The van der Waals surface area contributed by atoms with Crippen LogP contribution < -0.4 is 5.32 Å². The normalized spacial score (nSPS) is 23.2. The fourth-order valence-electron chi connectivity index (χ4n) is 1.31. The van der Waals surface area contributed by atoms with Crippen molar-refractivity contribution in [3.63, 3.8) is 0 Å². The van der Waals surface area contributed by atoms with E-state index in [2.05, 4.69) is 5.32 Å². The summed E-state index contributed by atoms with van der Waals surface area (Å²) in [7, 11) is 0. The van der Waals surface area contributed by atoms with Gasteiger partial charge in [-0.15, -0.1) is 0 Å². The van der Waals surface area contributed by atoms with Crippen molar-refractivity contribution in [2.75, 3.05) is 13.1 Å². The molecule has 68 valence electrons. The first-order valence-electron chi connectivity index (χ1n) is 3.70. The highest BCUT2D eigenvalue weighted by atomic mass is 19.4. The van der Waals surface area contributed by atoms with Crippen LogP contribution in [0.25, 0.3) is 0 Å². The Bertz CT molecular complexity index is 198. The largest absolute Gasteiger partial charge is 0.407 e. The summed E-state index contributed by atoms with van der Waals surface area (Å²) in [5, 5.41) is 11.3. The topological polar surface area (TPSA) is 35.8 Å². The number of nitrogens with one attached hydrogen (secondary N) is 1. The number of hydrogen-bond donors (Lipinski definition) is 1. The summed E-state index contributed by atoms with van der Waals surface area (Å²) in [4.78, 5) is 0. The average Bonchev–Trinajstić information content (AvgIpc) is 2.04. The average molecular weight is 178 g/mol. The maximum Gasteiger partial charge on any atom is 0.407 e. The molecule has 0 aromatic rings. The van der Waals surface area contributed by atoms with Gasteiger partial charge in [0.2, 0.25) is 0 Å². The smallest absolute Gasteiger partial charge is 0.317 e. The zero-order valence-corrected chi connectivity index (χ0v) is 6.41. The second kappa shape index (κ2) is 2.94. The molecule has 1 N–H and O–H groups in total. The molecule has 0 aliphatic carbocycles. The van der Waals surface area contributed by atoms with E-state index in [-0.39, 0.29) is 25.9 Å². The summed E-state index contributed by atoms with van der Waals surface area (Å²) in [6, 6.07) is 1.39. The van der Waals surface area contributed by atoms with Gasteiger partial charge in [-0.3, -0.25) is 0 Å². The van der Waals surface area contributed by atoms with Gasteiger partial charge in [-0.1, -0.05) is 0 Å². The van der Waals surface area contributed by atoms with E-state index in [1.807, 2.05) is 0 Å². The molecule has 0 atom stereocenters. The van der Waals surface area contributed by atoms with Crippen molar-refractivity contribution in [1.29, 1.82) is 5.26 Å². The molecule has 0 radical (unpaired) electrons. The zero-order valence-electron chi connectivity index (χ0n) is 6.41. The van der Waals surface area contributed by atoms with Gasteiger partial charge in [0.25, 0.3) is 0 Å². The quantitative estimate of drug-likeness (QED) is 0.609. The number of alkyl halides is 3. The van der Waals surface area contributed by atoms with Gasteiger partial charge in [0, 0.05) is 0 Å². The number of nitrogens with zero attached hydrogens (tertiary/aromatic N) is 1. The van der Waals surface area contributed by atoms with Crippen LogP contribution in [0.3, 0.4) is 0 Å². The van der Waals surface area contributed by atoms with E-state index >= 15 is 0 Å². The Morgan fingerprint density at radius 2 is 1.75 bits per heavy atom. The van der Waals surface area contributed by atoms with Crippen LogP contribution >= 0.6 is 0 Å². The van der Waals surface area contributed by atoms with E-state index in [0.717, 1.165) is 0 Å². The van der Waals surface area contributed by atoms with Crippen molar-refractivity contribution >= 4 is 0 Å². The summed E-state index contributed by atoms with van der Waals surface area (Å²) in [5.74, 6) is 0. The van der Waals surface area contributed by atoms with Crippen LogP contribution in [0.5, 0.6) is 0 Å². The Kier molecular flexibility index (Phi) is 2.29. The van der Waals surface area contributed by atoms with Gasteiger partial charge >= 0.3 is 6.18 Å². The van der Waals surface area contributed by atoms with Gasteiger partial charge in [0.1, 0.15) is 0 Å². The second-order valence-electron chi connectivity index (χ2n) is 2.94. The molecule has 0 bridgehead atoms. The van der Waals surface area contributed by atoms with E-state index in [0.29, 0.717) is 0 Å². The first-order valence-corrected chi connectivity index (χ1v) is 3.70. The third-order valence-corrected chi connectivity index (χ3v) is 2.21. The van der Waals surface area contributed by atoms with E-state index in [1.165, 1.54) is 6.07 Å². The molecule has 1 aliphatic rings. The molecule has 0 amide bonds. The zero-order chi connectivity index (χ0) is 9.24. The fraction of sp³-hybridized carbons (Fsp3) is 0.857. The molecule has 1 aliphatic heterocycles. The van der Waals surface area contributed by atoms with Gasteiger partial charge in [0.15, 0.2) is 5.41 Å². The molecule has 1 fully saturated rings. The van der Waals surface area contributed by atoms with E-state index in [9.17, 15) is 13.2 Å². The summed E-state index contributed by atoms with van der Waals surface area (Å²) >= 11 is 0. The van der Waals surface area contributed by atoms with Crippen molar-refractivity contribution in [1.82, 2.24) is 5.32 Å². The highest BCUT2D eigenvalue weighted by molar-refractivity contribution is 5.06. The SMILES string of the molecule is N#CC1(C(F)(F)F)CCNCC1. The number of halogens is 3. The predicted octanol–water partition coefficient (Wildman–Crippen LogP) is 1.44. The van der Waals surface area contributed by atoms with Crippen molar-refractivity contribution in [3.8, 4) is 6.07 Å². The van der Waals surface area contributed by atoms with Gasteiger partial charge in [-0.2, -0.15) is 18.4 Å². The molecule has 1 heterocycles.